The van der Waals surface area contributed by atoms with E-state index >= 15 is 0 Å². The topological polar surface area (TPSA) is 23.6 Å². The molecule has 0 radical (unpaired) electrons. The van der Waals surface area contributed by atoms with Crippen LogP contribution in [0, 0.1) is 0 Å². The number of carbonyl (C=O) groups excluding carboxylic acids is 1. The summed E-state index contributed by atoms with van der Waals surface area (Å²) >= 11 is 0. The van der Waals surface area contributed by atoms with Gasteiger partial charge in [-0.1, -0.05) is 6.08 Å². The van der Waals surface area contributed by atoms with Gasteiger partial charge in [0.2, 0.25) is 5.91 Å². The van der Waals surface area contributed by atoms with Crippen molar-refractivity contribution in [2.45, 2.75) is 12.8 Å². The predicted octanol–water partition coefficient (Wildman–Crippen LogP) is 0.727. The summed E-state index contributed by atoms with van der Waals surface area (Å²) in [7, 11) is 2.09. The number of carbonyl (C=O) groups is 1. The number of likely N-dealkylation sites (N-methyl/N-ethyl adjacent to an activating group) is 1. The molecule has 74 valence electrons. The molecule has 1 saturated heterocycles. The molecule has 1 aliphatic heterocycles. The normalized spacial score (nSPS) is 18.7. The summed E-state index contributed by atoms with van der Waals surface area (Å²) in [5.74, 6) is 0.271. The van der Waals surface area contributed by atoms with Crippen molar-refractivity contribution in [2.75, 3.05) is 33.2 Å². The standard InChI is InChI=1S/C10H18N2O/c1-3-4-5-10(13)12-8-6-11(2)7-9-12/h3H,1,4-9H2,2H3. The predicted molar refractivity (Wildman–Crippen MR) is 53.5 cm³/mol. The fraction of sp³-hybridized carbons (Fsp3) is 0.700. The molecule has 13 heavy (non-hydrogen) atoms. The first-order chi connectivity index (χ1) is 6.24. The number of allylic oxidation sites excluding steroid dienone is 1. The Balaban J connectivity index is 2.27. The third kappa shape index (κ3) is 3.19. The molecule has 1 fully saturated rings. The Bertz CT molecular complexity index is 183. The van der Waals surface area contributed by atoms with Crippen molar-refractivity contribution in [3.8, 4) is 0 Å². The quantitative estimate of drug-likeness (QED) is 0.601. The maximum absolute atomic E-state index is 11.5. The molecule has 0 aromatic carbocycles. The van der Waals surface area contributed by atoms with Crippen LogP contribution in [0.1, 0.15) is 12.8 Å². The highest BCUT2D eigenvalue weighted by molar-refractivity contribution is 5.76. The van der Waals surface area contributed by atoms with Gasteiger partial charge in [-0.05, 0) is 13.5 Å². The number of hydrogen-bond donors (Lipinski definition) is 0. The molecule has 0 aromatic heterocycles. The van der Waals surface area contributed by atoms with Gasteiger partial charge < -0.3 is 9.80 Å². The minimum atomic E-state index is 0.271. The Morgan fingerprint density at radius 2 is 2.00 bits per heavy atom. The van der Waals surface area contributed by atoms with Crippen molar-refractivity contribution < 1.29 is 4.79 Å². The summed E-state index contributed by atoms with van der Waals surface area (Å²) in [5, 5.41) is 0. The summed E-state index contributed by atoms with van der Waals surface area (Å²) in [6.45, 7) is 7.37. The van der Waals surface area contributed by atoms with Gasteiger partial charge in [-0.3, -0.25) is 4.79 Å². The zero-order valence-corrected chi connectivity index (χ0v) is 8.33. The van der Waals surface area contributed by atoms with Crippen LogP contribution in [-0.2, 0) is 4.79 Å². The summed E-state index contributed by atoms with van der Waals surface area (Å²) < 4.78 is 0. The van der Waals surface area contributed by atoms with Gasteiger partial charge in [0.25, 0.3) is 0 Å². The van der Waals surface area contributed by atoms with E-state index in [1.807, 2.05) is 4.90 Å². The Hall–Kier alpha value is -0.830. The first-order valence-electron chi connectivity index (χ1n) is 4.81. The van der Waals surface area contributed by atoms with Gasteiger partial charge in [0.05, 0.1) is 0 Å². The van der Waals surface area contributed by atoms with Gasteiger partial charge in [-0.15, -0.1) is 6.58 Å². The van der Waals surface area contributed by atoms with Crippen LogP contribution in [0.5, 0.6) is 0 Å². The zero-order valence-electron chi connectivity index (χ0n) is 8.33. The second-order valence-corrected chi connectivity index (χ2v) is 3.51. The van der Waals surface area contributed by atoms with Crippen molar-refractivity contribution >= 4 is 5.91 Å². The van der Waals surface area contributed by atoms with Gasteiger partial charge in [-0.2, -0.15) is 0 Å². The first-order valence-corrected chi connectivity index (χ1v) is 4.81. The molecule has 1 rings (SSSR count). The molecular formula is C10H18N2O. The van der Waals surface area contributed by atoms with E-state index in [-0.39, 0.29) is 5.91 Å². The van der Waals surface area contributed by atoms with Gasteiger partial charge in [0.1, 0.15) is 0 Å². The van der Waals surface area contributed by atoms with E-state index in [9.17, 15) is 4.79 Å². The summed E-state index contributed by atoms with van der Waals surface area (Å²) in [5.41, 5.74) is 0. The number of hydrogen-bond acceptors (Lipinski definition) is 2. The molecule has 1 aliphatic rings. The molecule has 0 atom stereocenters. The Kier molecular flexibility index (Phi) is 3.96. The maximum atomic E-state index is 11.5. The summed E-state index contributed by atoms with van der Waals surface area (Å²) in [6.07, 6.45) is 3.21. The van der Waals surface area contributed by atoms with E-state index in [4.69, 9.17) is 0 Å². The van der Waals surface area contributed by atoms with Crippen LogP contribution in [0.4, 0.5) is 0 Å². The largest absolute Gasteiger partial charge is 0.340 e. The molecule has 0 spiro atoms. The maximum Gasteiger partial charge on any atom is 0.222 e. The Morgan fingerprint density at radius 1 is 1.38 bits per heavy atom. The molecule has 1 heterocycles. The van der Waals surface area contributed by atoms with Crippen LogP contribution >= 0.6 is 0 Å². The number of amides is 1. The molecular weight excluding hydrogens is 164 g/mol. The van der Waals surface area contributed by atoms with Crippen molar-refractivity contribution in [1.82, 2.24) is 9.80 Å². The van der Waals surface area contributed by atoms with E-state index in [1.165, 1.54) is 0 Å². The van der Waals surface area contributed by atoms with E-state index in [0.717, 1.165) is 32.6 Å². The van der Waals surface area contributed by atoms with E-state index < -0.39 is 0 Å². The monoisotopic (exact) mass is 182 g/mol. The molecule has 0 unspecified atom stereocenters. The molecule has 0 bridgehead atoms. The van der Waals surface area contributed by atoms with Crippen LogP contribution in [0.15, 0.2) is 12.7 Å². The lowest BCUT2D eigenvalue weighted by molar-refractivity contribution is -0.132. The summed E-state index contributed by atoms with van der Waals surface area (Å²) in [4.78, 5) is 15.7. The van der Waals surface area contributed by atoms with Crippen LogP contribution in [0.3, 0.4) is 0 Å². The van der Waals surface area contributed by atoms with Gasteiger partial charge in [0.15, 0.2) is 0 Å². The minimum absolute atomic E-state index is 0.271. The van der Waals surface area contributed by atoms with Crippen molar-refractivity contribution in [3.63, 3.8) is 0 Å². The van der Waals surface area contributed by atoms with Crippen LogP contribution in [0.2, 0.25) is 0 Å². The number of rotatable bonds is 3. The lowest BCUT2D eigenvalue weighted by Gasteiger charge is -2.32. The van der Waals surface area contributed by atoms with Crippen LogP contribution in [0.25, 0.3) is 0 Å². The lowest BCUT2D eigenvalue weighted by atomic mass is 10.2. The highest BCUT2D eigenvalue weighted by atomic mass is 16.2. The van der Waals surface area contributed by atoms with Gasteiger partial charge in [-0.25, -0.2) is 0 Å². The third-order valence-electron chi connectivity index (χ3n) is 2.42. The summed E-state index contributed by atoms with van der Waals surface area (Å²) in [6, 6.07) is 0. The molecule has 1 amide bonds. The minimum Gasteiger partial charge on any atom is -0.340 e. The number of piperazine rings is 1. The molecule has 0 saturated carbocycles. The van der Waals surface area contributed by atoms with Crippen LogP contribution < -0.4 is 0 Å². The second kappa shape index (κ2) is 5.02. The third-order valence-corrected chi connectivity index (χ3v) is 2.42. The molecule has 3 nitrogen and oxygen atoms in total. The van der Waals surface area contributed by atoms with Crippen molar-refractivity contribution in [3.05, 3.63) is 12.7 Å². The average molecular weight is 182 g/mol. The SMILES string of the molecule is C=CCCC(=O)N1CCN(C)CC1. The Labute approximate surface area is 80.0 Å². The number of nitrogens with zero attached hydrogens (tertiary/aromatic N) is 2. The fourth-order valence-electron chi connectivity index (χ4n) is 1.44. The zero-order chi connectivity index (χ0) is 9.68. The first kappa shape index (κ1) is 10.3. The van der Waals surface area contributed by atoms with Gasteiger partial charge >= 0.3 is 0 Å². The molecule has 0 N–H and O–H groups in total. The molecule has 3 heteroatoms. The highest BCUT2D eigenvalue weighted by Crippen LogP contribution is 2.03. The lowest BCUT2D eigenvalue weighted by Crippen LogP contribution is -2.47. The van der Waals surface area contributed by atoms with E-state index in [1.54, 1.807) is 6.08 Å². The Morgan fingerprint density at radius 3 is 2.54 bits per heavy atom. The molecule has 0 aliphatic carbocycles. The van der Waals surface area contributed by atoms with Gasteiger partial charge in [0, 0.05) is 32.6 Å². The average Bonchev–Trinajstić information content (AvgIpc) is 2.15. The van der Waals surface area contributed by atoms with E-state index in [2.05, 4.69) is 18.5 Å². The smallest absolute Gasteiger partial charge is 0.222 e. The van der Waals surface area contributed by atoms with Crippen LogP contribution in [-0.4, -0.2) is 48.9 Å². The highest BCUT2D eigenvalue weighted by Gasteiger charge is 2.17. The van der Waals surface area contributed by atoms with E-state index in [0.29, 0.717) is 6.42 Å². The second-order valence-electron chi connectivity index (χ2n) is 3.51. The van der Waals surface area contributed by atoms with Crippen molar-refractivity contribution in [1.29, 1.82) is 0 Å². The van der Waals surface area contributed by atoms with Crippen molar-refractivity contribution in [2.24, 2.45) is 0 Å². The fourth-order valence-corrected chi connectivity index (χ4v) is 1.44. The molecule has 0 aromatic rings.